The Morgan fingerprint density at radius 2 is 1.96 bits per heavy atom. The Balaban J connectivity index is 1.74. The van der Waals surface area contributed by atoms with E-state index in [4.69, 9.17) is 11.6 Å². The topological polar surface area (TPSA) is 54.4 Å². The summed E-state index contributed by atoms with van der Waals surface area (Å²) >= 11 is 7.43. The lowest BCUT2D eigenvalue weighted by Gasteiger charge is -2.04. The molecule has 4 nitrogen and oxygen atoms in total. The van der Waals surface area contributed by atoms with Crippen LogP contribution in [0.3, 0.4) is 0 Å². The molecule has 1 N–H and O–H groups in total. The first-order chi connectivity index (χ1) is 11.2. The molecule has 0 atom stereocenters. The van der Waals surface area contributed by atoms with E-state index in [0.29, 0.717) is 16.4 Å². The molecule has 1 aromatic carbocycles. The number of hydrogen-bond donors (Lipinski definition) is 1. The number of rotatable bonds is 4. The van der Waals surface area contributed by atoms with Crippen LogP contribution < -0.4 is 5.43 Å². The second kappa shape index (κ2) is 7.17. The number of carbonyl (C=O) groups is 1. The Labute approximate surface area is 142 Å². The van der Waals surface area contributed by atoms with Crippen molar-refractivity contribution in [1.82, 2.24) is 10.4 Å². The number of nitrogens with one attached hydrogen (secondary N) is 1. The number of pyridine rings is 1. The molecule has 1 amide bonds. The van der Waals surface area contributed by atoms with Gasteiger partial charge >= 0.3 is 0 Å². The van der Waals surface area contributed by atoms with Crippen molar-refractivity contribution < 1.29 is 4.79 Å². The number of nitrogens with zero attached hydrogens (tertiary/aromatic N) is 2. The van der Waals surface area contributed by atoms with E-state index in [0.717, 1.165) is 10.4 Å². The lowest BCUT2D eigenvalue weighted by Crippen LogP contribution is -2.19. The van der Waals surface area contributed by atoms with Crippen molar-refractivity contribution in [2.45, 2.75) is 0 Å². The van der Waals surface area contributed by atoms with Gasteiger partial charge in [-0.3, -0.25) is 4.79 Å². The molecule has 0 fully saturated rings. The minimum Gasteiger partial charge on any atom is -0.266 e. The first-order valence-corrected chi connectivity index (χ1v) is 8.08. The second-order valence-electron chi connectivity index (χ2n) is 4.63. The zero-order valence-corrected chi connectivity index (χ0v) is 13.5. The molecule has 3 rings (SSSR count). The van der Waals surface area contributed by atoms with E-state index in [1.54, 1.807) is 41.8 Å². The summed E-state index contributed by atoms with van der Waals surface area (Å²) in [7, 11) is 0. The van der Waals surface area contributed by atoms with E-state index in [1.807, 2.05) is 35.7 Å². The van der Waals surface area contributed by atoms with E-state index < -0.39 is 0 Å². The summed E-state index contributed by atoms with van der Waals surface area (Å²) in [6, 6.07) is 16.4. The number of carbonyl (C=O) groups excluding carboxylic acids is 1. The first-order valence-electron chi connectivity index (χ1n) is 6.82. The Kier molecular flexibility index (Phi) is 4.80. The summed E-state index contributed by atoms with van der Waals surface area (Å²) in [5.41, 5.74) is 4.38. The summed E-state index contributed by atoms with van der Waals surface area (Å²) in [6.07, 6.45) is 1.60. The quantitative estimate of drug-likeness (QED) is 0.570. The van der Waals surface area contributed by atoms with E-state index >= 15 is 0 Å². The molecule has 0 bridgehead atoms. The van der Waals surface area contributed by atoms with E-state index in [1.165, 1.54) is 0 Å². The van der Waals surface area contributed by atoms with Gasteiger partial charge in [0.15, 0.2) is 0 Å². The molecular weight excluding hydrogens is 330 g/mol. The van der Waals surface area contributed by atoms with E-state index in [-0.39, 0.29) is 5.91 Å². The average molecular weight is 342 g/mol. The SMILES string of the molecule is O=C(N/N=C/c1cccs1)c1cccc(-c2ccc(Cl)cc2)n1. The van der Waals surface area contributed by atoms with Crippen LogP contribution in [-0.4, -0.2) is 17.1 Å². The van der Waals surface area contributed by atoms with Crippen LogP contribution in [0.25, 0.3) is 11.3 Å². The van der Waals surface area contributed by atoms with Crippen LogP contribution >= 0.6 is 22.9 Å². The molecule has 0 aliphatic carbocycles. The minimum absolute atomic E-state index is 0.306. The maximum absolute atomic E-state index is 12.1. The molecule has 0 saturated heterocycles. The van der Waals surface area contributed by atoms with Gasteiger partial charge in [0.1, 0.15) is 5.69 Å². The summed E-state index contributed by atoms with van der Waals surface area (Å²) in [5, 5.41) is 6.54. The highest BCUT2D eigenvalue weighted by Gasteiger charge is 2.08. The number of thiophene rings is 1. The van der Waals surface area contributed by atoms with Gasteiger partial charge in [0.2, 0.25) is 0 Å². The zero-order valence-electron chi connectivity index (χ0n) is 11.9. The van der Waals surface area contributed by atoms with E-state index in [2.05, 4.69) is 15.5 Å². The molecule has 3 aromatic rings. The third-order valence-corrected chi connectivity index (χ3v) is 4.08. The molecule has 6 heteroatoms. The van der Waals surface area contributed by atoms with Crippen LogP contribution in [0.2, 0.25) is 5.02 Å². The predicted molar refractivity (Wildman–Crippen MR) is 94.1 cm³/mol. The monoisotopic (exact) mass is 341 g/mol. The van der Waals surface area contributed by atoms with Gasteiger partial charge in [-0.25, -0.2) is 10.4 Å². The third kappa shape index (κ3) is 4.03. The number of hydrazone groups is 1. The fraction of sp³-hybridized carbons (Fsp3) is 0. The minimum atomic E-state index is -0.353. The van der Waals surface area contributed by atoms with Gasteiger partial charge in [-0.15, -0.1) is 11.3 Å². The van der Waals surface area contributed by atoms with Gasteiger partial charge < -0.3 is 0 Å². The van der Waals surface area contributed by atoms with Gasteiger partial charge in [-0.1, -0.05) is 35.9 Å². The number of halogens is 1. The van der Waals surface area contributed by atoms with Crippen molar-refractivity contribution in [3.63, 3.8) is 0 Å². The van der Waals surface area contributed by atoms with Crippen LogP contribution in [0.5, 0.6) is 0 Å². The van der Waals surface area contributed by atoms with Crippen molar-refractivity contribution in [3.8, 4) is 11.3 Å². The van der Waals surface area contributed by atoms with Crippen LogP contribution in [0.15, 0.2) is 65.1 Å². The highest BCUT2D eigenvalue weighted by molar-refractivity contribution is 7.11. The Morgan fingerprint density at radius 3 is 2.70 bits per heavy atom. The highest BCUT2D eigenvalue weighted by atomic mass is 35.5. The van der Waals surface area contributed by atoms with Gasteiger partial charge in [0.05, 0.1) is 11.9 Å². The lowest BCUT2D eigenvalue weighted by atomic mass is 10.1. The summed E-state index contributed by atoms with van der Waals surface area (Å²) in [5.74, 6) is -0.353. The van der Waals surface area contributed by atoms with Crippen LogP contribution in [-0.2, 0) is 0 Å². The molecule has 23 heavy (non-hydrogen) atoms. The van der Waals surface area contributed by atoms with Gasteiger partial charge in [0.25, 0.3) is 5.91 Å². The molecule has 0 radical (unpaired) electrons. The smallest absolute Gasteiger partial charge is 0.266 e. The maximum atomic E-state index is 12.1. The molecule has 0 aliphatic rings. The maximum Gasteiger partial charge on any atom is 0.289 e. The Hall–Kier alpha value is -2.50. The van der Waals surface area contributed by atoms with Gasteiger partial charge in [-0.05, 0) is 35.7 Å². The fourth-order valence-corrected chi connectivity index (χ4v) is 2.63. The van der Waals surface area contributed by atoms with Crippen molar-refractivity contribution in [2.24, 2.45) is 5.10 Å². The van der Waals surface area contributed by atoms with Gasteiger partial charge in [0, 0.05) is 15.5 Å². The van der Waals surface area contributed by atoms with Crippen molar-refractivity contribution in [3.05, 3.63) is 75.6 Å². The lowest BCUT2D eigenvalue weighted by molar-refractivity contribution is 0.0950. The highest BCUT2D eigenvalue weighted by Crippen LogP contribution is 2.19. The molecule has 2 heterocycles. The second-order valence-corrected chi connectivity index (χ2v) is 6.05. The number of amides is 1. The summed E-state index contributed by atoms with van der Waals surface area (Å²) in [4.78, 5) is 17.4. The van der Waals surface area contributed by atoms with Crippen LogP contribution in [0.1, 0.15) is 15.4 Å². The standard InChI is InChI=1S/C17H12ClN3OS/c18-13-8-6-12(7-9-13)15-4-1-5-16(20-15)17(22)21-19-11-14-3-2-10-23-14/h1-11H,(H,21,22)/b19-11+. The van der Waals surface area contributed by atoms with Gasteiger partial charge in [-0.2, -0.15) is 5.10 Å². The summed E-state index contributed by atoms with van der Waals surface area (Å²) < 4.78 is 0. The Bertz CT molecular complexity index is 829. The number of aromatic nitrogens is 1. The Morgan fingerprint density at radius 1 is 1.13 bits per heavy atom. The molecule has 2 aromatic heterocycles. The molecule has 114 valence electrons. The predicted octanol–water partition coefficient (Wildman–Crippen LogP) is 4.23. The molecule has 0 aliphatic heterocycles. The largest absolute Gasteiger partial charge is 0.289 e. The summed E-state index contributed by atoms with van der Waals surface area (Å²) in [6.45, 7) is 0. The number of hydrogen-bond acceptors (Lipinski definition) is 4. The fourth-order valence-electron chi connectivity index (χ4n) is 1.92. The van der Waals surface area contributed by atoms with Crippen molar-refractivity contribution in [2.75, 3.05) is 0 Å². The third-order valence-electron chi connectivity index (χ3n) is 3.02. The van der Waals surface area contributed by atoms with E-state index in [9.17, 15) is 4.79 Å². The molecule has 0 saturated carbocycles. The van der Waals surface area contributed by atoms with Crippen molar-refractivity contribution in [1.29, 1.82) is 0 Å². The first kappa shape index (κ1) is 15.4. The van der Waals surface area contributed by atoms with Crippen LogP contribution in [0, 0.1) is 0 Å². The molecular formula is C17H12ClN3OS. The van der Waals surface area contributed by atoms with Crippen LogP contribution in [0.4, 0.5) is 0 Å². The zero-order chi connectivity index (χ0) is 16.1. The molecule has 0 spiro atoms. The average Bonchev–Trinajstić information content (AvgIpc) is 3.09. The normalized spacial score (nSPS) is 10.8. The number of benzene rings is 1. The molecule has 0 unspecified atom stereocenters. The van der Waals surface area contributed by atoms with Crippen molar-refractivity contribution >= 4 is 35.1 Å².